The summed E-state index contributed by atoms with van der Waals surface area (Å²) in [5.74, 6) is 0.0830. The van der Waals surface area contributed by atoms with Crippen LogP contribution in [0.15, 0.2) is 54.6 Å². The van der Waals surface area contributed by atoms with E-state index in [4.69, 9.17) is 14.2 Å². The van der Waals surface area contributed by atoms with Gasteiger partial charge in [0.1, 0.15) is 5.75 Å². The zero-order valence-corrected chi connectivity index (χ0v) is 19.7. The van der Waals surface area contributed by atoms with Crippen LogP contribution in [0.25, 0.3) is 11.8 Å². The van der Waals surface area contributed by atoms with Gasteiger partial charge in [-0.3, -0.25) is 4.79 Å². The van der Waals surface area contributed by atoms with Crippen molar-refractivity contribution in [1.29, 1.82) is 0 Å². The Morgan fingerprint density at radius 1 is 0.971 bits per heavy atom. The number of rotatable bonds is 10. The topological polar surface area (TPSA) is 76.0 Å². The first-order chi connectivity index (χ1) is 16.7. The van der Waals surface area contributed by atoms with Gasteiger partial charge in [0.15, 0.2) is 18.1 Å². The third kappa shape index (κ3) is 6.26. The molecule has 0 aliphatic heterocycles. The van der Waals surface area contributed by atoms with Crippen molar-refractivity contribution in [2.75, 3.05) is 20.8 Å². The van der Waals surface area contributed by atoms with Gasteiger partial charge in [-0.2, -0.15) is 8.78 Å². The number of carbonyl (C=O) groups is 2. The fourth-order valence-electron chi connectivity index (χ4n) is 3.60. The van der Waals surface area contributed by atoms with Crippen LogP contribution in [-0.4, -0.2) is 43.8 Å². The molecule has 0 bridgehead atoms. The van der Waals surface area contributed by atoms with Crippen molar-refractivity contribution in [3.05, 3.63) is 77.1 Å². The fraction of sp³-hybridized carbons (Fsp3) is 0.231. The van der Waals surface area contributed by atoms with E-state index < -0.39 is 19.2 Å². The lowest BCUT2D eigenvalue weighted by Crippen LogP contribution is -2.13. The molecule has 1 aromatic heterocycles. The molecule has 7 nitrogen and oxygen atoms in total. The van der Waals surface area contributed by atoms with Crippen molar-refractivity contribution in [2.45, 2.75) is 20.5 Å². The summed E-state index contributed by atoms with van der Waals surface area (Å²) < 4.78 is 46.4. The number of ether oxygens (including phenoxy) is 4. The Morgan fingerprint density at radius 3 is 2.29 bits per heavy atom. The Hall–Kier alpha value is -4.14. The van der Waals surface area contributed by atoms with E-state index in [1.54, 1.807) is 54.0 Å². The molecule has 0 saturated heterocycles. The SMILES string of the molecule is COc1ccc(/C=C/C(=O)OCC(=O)c2cc(C)n(-c3ccc(OC(F)F)cc3)c2C)cc1OC. The summed E-state index contributed by atoms with van der Waals surface area (Å²) >= 11 is 0. The second-order valence-corrected chi connectivity index (χ2v) is 7.47. The van der Waals surface area contributed by atoms with E-state index in [-0.39, 0.29) is 11.5 Å². The summed E-state index contributed by atoms with van der Waals surface area (Å²) in [4.78, 5) is 24.9. The van der Waals surface area contributed by atoms with Crippen LogP contribution in [0.1, 0.15) is 27.3 Å². The molecule has 2 aromatic carbocycles. The van der Waals surface area contributed by atoms with Gasteiger partial charge in [-0.15, -0.1) is 0 Å². The maximum absolute atomic E-state index is 12.7. The smallest absolute Gasteiger partial charge is 0.387 e. The lowest BCUT2D eigenvalue weighted by atomic mass is 10.1. The number of aromatic nitrogens is 1. The molecular weight excluding hydrogens is 460 g/mol. The van der Waals surface area contributed by atoms with Crippen LogP contribution in [0.3, 0.4) is 0 Å². The molecule has 0 aliphatic carbocycles. The quantitative estimate of drug-likeness (QED) is 0.225. The molecule has 0 aliphatic rings. The van der Waals surface area contributed by atoms with Crippen molar-refractivity contribution in [3.63, 3.8) is 0 Å². The number of alkyl halides is 2. The molecule has 0 saturated carbocycles. The molecule has 0 spiro atoms. The van der Waals surface area contributed by atoms with Crippen LogP contribution in [0, 0.1) is 13.8 Å². The molecule has 0 fully saturated rings. The van der Waals surface area contributed by atoms with Gasteiger partial charge < -0.3 is 23.5 Å². The Bertz CT molecular complexity index is 1230. The largest absolute Gasteiger partial charge is 0.493 e. The van der Waals surface area contributed by atoms with Gasteiger partial charge in [-0.25, -0.2) is 4.79 Å². The third-order valence-electron chi connectivity index (χ3n) is 5.22. The number of ketones is 1. The standard InChI is InChI=1S/C26H25F2NO6/c1-16-13-21(17(2)29(16)19-7-9-20(10-8-19)35-26(27)28)22(30)15-34-25(31)12-6-18-5-11-23(32-3)24(14-18)33-4/h5-14,26H,15H2,1-4H3/b12-6+. The highest BCUT2D eigenvalue weighted by Crippen LogP contribution is 2.28. The first kappa shape index (κ1) is 25.5. The molecule has 0 unspecified atom stereocenters. The second kappa shape index (κ2) is 11.3. The normalized spacial score (nSPS) is 11.1. The highest BCUT2D eigenvalue weighted by molar-refractivity contribution is 6.00. The van der Waals surface area contributed by atoms with Gasteiger partial charge in [0, 0.05) is 28.7 Å². The lowest BCUT2D eigenvalue weighted by molar-refractivity contribution is -0.136. The van der Waals surface area contributed by atoms with Crippen LogP contribution < -0.4 is 14.2 Å². The van der Waals surface area contributed by atoms with E-state index in [9.17, 15) is 18.4 Å². The highest BCUT2D eigenvalue weighted by atomic mass is 19.3. The minimum atomic E-state index is -2.91. The molecular formula is C26H25F2NO6. The van der Waals surface area contributed by atoms with Gasteiger partial charge in [0.25, 0.3) is 0 Å². The Kier molecular flexibility index (Phi) is 8.25. The van der Waals surface area contributed by atoms with E-state index in [0.717, 1.165) is 5.69 Å². The number of Topliss-reactive ketones (excluding diaryl/α,β-unsaturated/α-hetero) is 1. The predicted octanol–water partition coefficient (Wildman–Crippen LogP) is 5.15. The maximum atomic E-state index is 12.7. The molecule has 1 heterocycles. The summed E-state index contributed by atoms with van der Waals surface area (Å²) in [6, 6.07) is 12.9. The molecule has 0 radical (unpaired) electrons. The maximum Gasteiger partial charge on any atom is 0.387 e. The Morgan fingerprint density at radius 2 is 1.66 bits per heavy atom. The second-order valence-electron chi connectivity index (χ2n) is 7.47. The molecule has 0 amide bonds. The number of esters is 1. The average molecular weight is 485 g/mol. The first-order valence-corrected chi connectivity index (χ1v) is 10.6. The van der Waals surface area contributed by atoms with Gasteiger partial charge in [-0.05, 0) is 68.0 Å². The van der Waals surface area contributed by atoms with Gasteiger partial charge in [0.05, 0.1) is 14.2 Å². The van der Waals surface area contributed by atoms with E-state index in [1.807, 2.05) is 6.92 Å². The van der Waals surface area contributed by atoms with Crippen molar-refractivity contribution in [1.82, 2.24) is 4.57 Å². The number of aryl methyl sites for hydroxylation is 1. The number of hydrogen-bond acceptors (Lipinski definition) is 6. The van der Waals surface area contributed by atoms with Crippen LogP contribution in [0.2, 0.25) is 0 Å². The van der Waals surface area contributed by atoms with Gasteiger partial charge >= 0.3 is 12.6 Å². The number of nitrogens with zero attached hydrogens (tertiary/aromatic N) is 1. The average Bonchev–Trinajstić information content (AvgIpc) is 3.14. The van der Waals surface area contributed by atoms with Crippen molar-refractivity contribution >= 4 is 17.8 Å². The van der Waals surface area contributed by atoms with Gasteiger partial charge in [-0.1, -0.05) is 6.07 Å². The van der Waals surface area contributed by atoms with E-state index >= 15 is 0 Å². The lowest BCUT2D eigenvalue weighted by Gasteiger charge is -2.11. The summed E-state index contributed by atoms with van der Waals surface area (Å²) in [6.45, 7) is 0.227. The summed E-state index contributed by atoms with van der Waals surface area (Å²) in [6.07, 6.45) is 2.77. The zero-order valence-electron chi connectivity index (χ0n) is 19.7. The number of carbonyl (C=O) groups excluding carboxylic acids is 2. The fourth-order valence-corrected chi connectivity index (χ4v) is 3.60. The van der Waals surface area contributed by atoms with Crippen LogP contribution in [0.5, 0.6) is 17.2 Å². The highest BCUT2D eigenvalue weighted by Gasteiger charge is 2.18. The number of methoxy groups -OCH3 is 2. The minimum Gasteiger partial charge on any atom is -0.493 e. The third-order valence-corrected chi connectivity index (χ3v) is 5.22. The number of halogens is 2. The Balaban J connectivity index is 1.65. The zero-order chi connectivity index (χ0) is 25.5. The monoisotopic (exact) mass is 485 g/mol. The van der Waals surface area contributed by atoms with E-state index in [2.05, 4.69) is 4.74 Å². The molecule has 9 heteroatoms. The first-order valence-electron chi connectivity index (χ1n) is 10.6. The molecule has 0 atom stereocenters. The molecule has 3 rings (SSSR count). The van der Waals surface area contributed by atoms with Crippen molar-refractivity contribution in [3.8, 4) is 22.9 Å². The summed E-state index contributed by atoms with van der Waals surface area (Å²) in [5.41, 5.74) is 3.15. The van der Waals surface area contributed by atoms with Crippen molar-refractivity contribution < 1.29 is 37.3 Å². The van der Waals surface area contributed by atoms with Crippen LogP contribution >= 0.6 is 0 Å². The molecule has 35 heavy (non-hydrogen) atoms. The molecule has 3 aromatic rings. The Labute approximate surface area is 201 Å². The summed E-state index contributed by atoms with van der Waals surface area (Å²) in [5, 5.41) is 0. The number of hydrogen-bond donors (Lipinski definition) is 0. The van der Waals surface area contributed by atoms with Crippen LogP contribution in [-0.2, 0) is 9.53 Å². The van der Waals surface area contributed by atoms with Crippen molar-refractivity contribution in [2.24, 2.45) is 0 Å². The number of benzene rings is 2. The van der Waals surface area contributed by atoms with E-state index in [1.165, 1.54) is 32.4 Å². The molecule has 184 valence electrons. The molecule has 0 N–H and O–H groups in total. The van der Waals surface area contributed by atoms with Crippen LogP contribution in [0.4, 0.5) is 8.78 Å². The minimum absolute atomic E-state index is 0.0376. The van der Waals surface area contributed by atoms with Gasteiger partial charge in [0.2, 0.25) is 5.78 Å². The van der Waals surface area contributed by atoms with E-state index in [0.29, 0.717) is 34.0 Å². The predicted molar refractivity (Wildman–Crippen MR) is 126 cm³/mol. The summed E-state index contributed by atoms with van der Waals surface area (Å²) in [7, 11) is 3.04.